The summed E-state index contributed by atoms with van der Waals surface area (Å²) in [6, 6.07) is 0. The van der Waals surface area contributed by atoms with E-state index in [1.165, 1.54) is 51.6 Å². The van der Waals surface area contributed by atoms with Gasteiger partial charge in [0.15, 0.2) is 0 Å². The van der Waals surface area contributed by atoms with Gasteiger partial charge < -0.3 is 10.2 Å². The Morgan fingerprint density at radius 3 is 2.00 bits per heavy atom. The molecule has 2 heterocycles. The summed E-state index contributed by atoms with van der Waals surface area (Å²) in [6.07, 6.45) is 8.93. The third-order valence-electron chi connectivity index (χ3n) is 5.79. The molecule has 1 amide bonds. The van der Waals surface area contributed by atoms with Gasteiger partial charge in [0.25, 0.3) is 0 Å². The molecule has 2 aliphatic rings. The fourth-order valence-electron chi connectivity index (χ4n) is 4.00. The van der Waals surface area contributed by atoms with E-state index in [0.29, 0.717) is 0 Å². The van der Waals surface area contributed by atoms with Crippen molar-refractivity contribution in [1.82, 2.24) is 10.2 Å². The van der Waals surface area contributed by atoms with Crippen molar-refractivity contribution < 1.29 is 4.79 Å². The van der Waals surface area contributed by atoms with Crippen molar-refractivity contribution in [3.63, 3.8) is 0 Å². The predicted molar refractivity (Wildman–Crippen MR) is 83.5 cm³/mol. The van der Waals surface area contributed by atoms with Crippen LogP contribution in [0.25, 0.3) is 0 Å². The molecular formula is C17H32N2O. The van der Waals surface area contributed by atoms with Crippen molar-refractivity contribution in [3.8, 4) is 0 Å². The van der Waals surface area contributed by atoms with Crippen molar-refractivity contribution >= 4 is 6.41 Å². The van der Waals surface area contributed by atoms with Gasteiger partial charge in [0, 0.05) is 13.1 Å². The highest BCUT2D eigenvalue weighted by molar-refractivity contribution is 5.47. The van der Waals surface area contributed by atoms with Crippen LogP contribution < -0.4 is 5.32 Å². The first-order valence-corrected chi connectivity index (χ1v) is 8.60. The molecule has 0 aliphatic carbocycles. The lowest BCUT2D eigenvalue weighted by Crippen LogP contribution is -2.35. The SMILES string of the molecule is CC(CCC(C)C1CCN(C=O)CC1)C1CCNCC1. The first kappa shape index (κ1) is 15.8. The maximum absolute atomic E-state index is 10.7. The van der Waals surface area contributed by atoms with Crippen LogP contribution in [0.15, 0.2) is 0 Å². The van der Waals surface area contributed by atoms with Crippen LogP contribution in [-0.4, -0.2) is 37.5 Å². The molecule has 116 valence electrons. The average molecular weight is 280 g/mol. The van der Waals surface area contributed by atoms with Gasteiger partial charge in [-0.3, -0.25) is 4.79 Å². The van der Waals surface area contributed by atoms with E-state index in [-0.39, 0.29) is 0 Å². The van der Waals surface area contributed by atoms with Crippen LogP contribution in [0.5, 0.6) is 0 Å². The minimum atomic E-state index is 0.827. The van der Waals surface area contributed by atoms with E-state index in [2.05, 4.69) is 19.2 Å². The summed E-state index contributed by atoms with van der Waals surface area (Å²) in [5, 5.41) is 3.46. The normalized spacial score (nSPS) is 25.4. The zero-order valence-corrected chi connectivity index (χ0v) is 13.3. The molecule has 2 aliphatic heterocycles. The summed E-state index contributed by atoms with van der Waals surface area (Å²) in [5.41, 5.74) is 0. The molecule has 2 atom stereocenters. The molecule has 2 unspecified atom stereocenters. The first-order chi connectivity index (χ1) is 9.70. The molecule has 0 aromatic heterocycles. The average Bonchev–Trinajstić information content (AvgIpc) is 2.53. The van der Waals surface area contributed by atoms with Gasteiger partial charge in [-0.1, -0.05) is 26.7 Å². The Labute approximate surface area is 124 Å². The summed E-state index contributed by atoms with van der Waals surface area (Å²) in [5.74, 6) is 3.49. The van der Waals surface area contributed by atoms with E-state index in [4.69, 9.17) is 0 Å². The third kappa shape index (κ3) is 4.47. The Hall–Kier alpha value is -0.570. The number of piperidine rings is 2. The molecule has 2 rings (SSSR count). The number of hydrogen-bond acceptors (Lipinski definition) is 2. The quantitative estimate of drug-likeness (QED) is 0.759. The topological polar surface area (TPSA) is 32.3 Å². The van der Waals surface area contributed by atoms with Crippen LogP contribution in [0.3, 0.4) is 0 Å². The zero-order valence-electron chi connectivity index (χ0n) is 13.3. The van der Waals surface area contributed by atoms with Gasteiger partial charge >= 0.3 is 0 Å². The van der Waals surface area contributed by atoms with Crippen molar-refractivity contribution in [1.29, 1.82) is 0 Å². The van der Waals surface area contributed by atoms with Gasteiger partial charge in [-0.2, -0.15) is 0 Å². The Kier molecular flexibility index (Phi) is 6.34. The standard InChI is InChI=1S/C17H32N2O/c1-14(16-5-9-18-10-6-16)3-4-15(2)17-7-11-19(13-20)12-8-17/h13-18H,3-12H2,1-2H3. The summed E-state index contributed by atoms with van der Waals surface area (Å²) in [6.45, 7) is 9.27. The minimum Gasteiger partial charge on any atom is -0.345 e. The number of hydrogen-bond donors (Lipinski definition) is 1. The highest BCUT2D eigenvalue weighted by Crippen LogP contribution is 2.31. The van der Waals surface area contributed by atoms with Crippen molar-refractivity contribution in [2.24, 2.45) is 23.7 Å². The van der Waals surface area contributed by atoms with Crippen molar-refractivity contribution in [2.75, 3.05) is 26.2 Å². The maximum atomic E-state index is 10.7. The molecule has 0 radical (unpaired) electrons. The summed E-state index contributed by atoms with van der Waals surface area (Å²) in [7, 11) is 0. The van der Waals surface area contributed by atoms with Gasteiger partial charge in [0.1, 0.15) is 0 Å². The second-order valence-electron chi connectivity index (χ2n) is 7.10. The summed E-state index contributed by atoms with van der Waals surface area (Å²) >= 11 is 0. The first-order valence-electron chi connectivity index (χ1n) is 8.60. The molecule has 0 saturated carbocycles. The Morgan fingerprint density at radius 2 is 1.50 bits per heavy atom. The van der Waals surface area contributed by atoms with E-state index in [1.807, 2.05) is 4.90 Å². The highest BCUT2D eigenvalue weighted by atomic mass is 16.1. The van der Waals surface area contributed by atoms with Gasteiger partial charge in [-0.15, -0.1) is 0 Å². The molecule has 0 bridgehead atoms. The number of nitrogens with zero attached hydrogens (tertiary/aromatic N) is 1. The molecule has 1 N–H and O–H groups in total. The zero-order chi connectivity index (χ0) is 14.4. The largest absolute Gasteiger partial charge is 0.345 e. The molecule has 3 heteroatoms. The third-order valence-corrected chi connectivity index (χ3v) is 5.79. The Morgan fingerprint density at radius 1 is 1.00 bits per heavy atom. The molecule has 0 spiro atoms. The van der Waals surface area contributed by atoms with Gasteiger partial charge in [0.2, 0.25) is 6.41 Å². The lowest BCUT2D eigenvalue weighted by atomic mass is 9.78. The summed E-state index contributed by atoms with van der Waals surface area (Å²) in [4.78, 5) is 12.7. The molecule has 0 aromatic carbocycles. The lowest BCUT2D eigenvalue weighted by molar-refractivity contribution is -0.119. The molecule has 2 fully saturated rings. The molecule has 0 aromatic rings. The minimum absolute atomic E-state index is 0.827. The van der Waals surface area contributed by atoms with E-state index < -0.39 is 0 Å². The predicted octanol–water partition coefficient (Wildman–Crippen LogP) is 2.91. The number of nitrogens with one attached hydrogen (secondary N) is 1. The molecular weight excluding hydrogens is 248 g/mol. The van der Waals surface area contributed by atoms with E-state index in [1.54, 1.807) is 0 Å². The van der Waals surface area contributed by atoms with Gasteiger partial charge in [-0.05, 0) is 62.4 Å². The van der Waals surface area contributed by atoms with Crippen molar-refractivity contribution in [2.45, 2.75) is 52.4 Å². The lowest BCUT2D eigenvalue weighted by Gasteiger charge is -2.34. The fourth-order valence-corrected chi connectivity index (χ4v) is 4.00. The monoisotopic (exact) mass is 280 g/mol. The fraction of sp³-hybridized carbons (Fsp3) is 0.941. The number of carbonyl (C=O) groups is 1. The van der Waals surface area contributed by atoms with E-state index in [9.17, 15) is 4.79 Å². The van der Waals surface area contributed by atoms with Crippen LogP contribution in [0, 0.1) is 23.7 Å². The number of amides is 1. The van der Waals surface area contributed by atoms with E-state index in [0.717, 1.165) is 43.2 Å². The molecule has 2 saturated heterocycles. The Balaban J connectivity index is 1.66. The van der Waals surface area contributed by atoms with Crippen molar-refractivity contribution in [3.05, 3.63) is 0 Å². The van der Waals surface area contributed by atoms with Crippen LogP contribution in [-0.2, 0) is 4.79 Å². The van der Waals surface area contributed by atoms with E-state index >= 15 is 0 Å². The second kappa shape index (κ2) is 8.02. The molecule has 3 nitrogen and oxygen atoms in total. The van der Waals surface area contributed by atoms with Crippen LogP contribution in [0.4, 0.5) is 0 Å². The van der Waals surface area contributed by atoms with Crippen LogP contribution in [0.1, 0.15) is 52.4 Å². The van der Waals surface area contributed by atoms with Gasteiger partial charge in [0.05, 0.1) is 0 Å². The Bertz CT molecular complexity index is 281. The van der Waals surface area contributed by atoms with Gasteiger partial charge in [-0.25, -0.2) is 0 Å². The summed E-state index contributed by atoms with van der Waals surface area (Å²) < 4.78 is 0. The maximum Gasteiger partial charge on any atom is 0.209 e. The second-order valence-corrected chi connectivity index (χ2v) is 7.10. The van der Waals surface area contributed by atoms with Crippen LogP contribution in [0.2, 0.25) is 0 Å². The van der Waals surface area contributed by atoms with Crippen LogP contribution >= 0.6 is 0 Å². The highest BCUT2D eigenvalue weighted by Gasteiger charge is 2.25. The molecule has 20 heavy (non-hydrogen) atoms. The smallest absolute Gasteiger partial charge is 0.209 e. The number of likely N-dealkylation sites (tertiary alicyclic amines) is 1. The number of rotatable bonds is 6. The number of carbonyl (C=O) groups excluding carboxylic acids is 1.